The molecule has 0 spiro atoms. The van der Waals surface area contributed by atoms with Gasteiger partial charge in [0.25, 0.3) is 0 Å². The van der Waals surface area contributed by atoms with Gasteiger partial charge in [-0.3, -0.25) is 4.79 Å². The highest BCUT2D eigenvalue weighted by atomic mass is 35.5. The molecule has 3 atom stereocenters. The minimum atomic E-state index is -0.0633. The quantitative estimate of drug-likeness (QED) is 0.883. The number of carbonyl (C=O) groups is 1. The summed E-state index contributed by atoms with van der Waals surface area (Å²) in [5.74, 6) is 0.476. The van der Waals surface area contributed by atoms with Crippen molar-refractivity contribution >= 4 is 17.5 Å². The summed E-state index contributed by atoms with van der Waals surface area (Å²) < 4.78 is 0. The normalized spacial score (nSPS) is 24.8. The highest BCUT2D eigenvalue weighted by molar-refractivity contribution is 6.30. The van der Waals surface area contributed by atoms with E-state index in [1.807, 2.05) is 31.2 Å². The standard InChI is InChI=1S/C14H19ClN2O/c1-9-6-7-16-13(9)14(18)17-10(2)11-4-3-5-12(15)8-11/h3-5,8-10,13,16H,6-7H2,1-2H3,(H,17,18)/t9?,10-,13?/m0/s1. The minimum absolute atomic E-state index is 0.0224. The number of halogens is 1. The Balaban J connectivity index is 1.98. The number of hydrogen-bond acceptors (Lipinski definition) is 2. The molecule has 1 aliphatic heterocycles. The molecule has 0 aliphatic carbocycles. The second-order valence-electron chi connectivity index (χ2n) is 4.98. The third-order valence-electron chi connectivity index (χ3n) is 3.52. The van der Waals surface area contributed by atoms with Gasteiger partial charge in [0, 0.05) is 5.02 Å². The van der Waals surface area contributed by atoms with Gasteiger partial charge in [0.05, 0.1) is 12.1 Å². The van der Waals surface area contributed by atoms with E-state index in [-0.39, 0.29) is 18.0 Å². The average Bonchev–Trinajstić information content (AvgIpc) is 2.75. The molecule has 1 aromatic carbocycles. The van der Waals surface area contributed by atoms with Gasteiger partial charge in [-0.2, -0.15) is 0 Å². The Bertz CT molecular complexity index is 436. The highest BCUT2D eigenvalue weighted by Gasteiger charge is 2.29. The van der Waals surface area contributed by atoms with Crippen LogP contribution in [-0.2, 0) is 4.79 Å². The molecule has 4 heteroatoms. The number of nitrogens with one attached hydrogen (secondary N) is 2. The first kappa shape index (κ1) is 13.4. The second-order valence-corrected chi connectivity index (χ2v) is 5.42. The van der Waals surface area contributed by atoms with Gasteiger partial charge in [-0.1, -0.05) is 30.7 Å². The lowest BCUT2D eigenvalue weighted by atomic mass is 10.0. The smallest absolute Gasteiger partial charge is 0.237 e. The van der Waals surface area contributed by atoms with Crippen molar-refractivity contribution in [1.82, 2.24) is 10.6 Å². The van der Waals surface area contributed by atoms with Crippen LogP contribution in [0, 0.1) is 5.92 Å². The third kappa shape index (κ3) is 3.03. The van der Waals surface area contributed by atoms with Gasteiger partial charge in [0.1, 0.15) is 0 Å². The number of carbonyl (C=O) groups excluding carboxylic acids is 1. The summed E-state index contributed by atoms with van der Waals surface area (Å²) in [6.45, 7) is 5.00. The molecule has 1 saturated heterocycles. The molecule has 2 N–H and O–H groups in total. The molecule has 18 heavy (non-hydrogen) atoms. The lowest BCUT2D eigenvalue weighted by molar-refractivity contribution is -0.124. The molecule has 2 unspecified atom stereocenters. The zero-order chi connectivity index (χ0) is 13.1. The number of amides is 1. The Hall–Kier alpha value is -1.06. The predicted molar refractivity (Wildman–Crippen MR) is 73.6 cm³/mol. The molecule has 0 aromatic heterocycles. The van der Waals surface area contributed by atoms with Crippen LogP contribution < -0.4 is 10.6 Å². The minimum Gasteiger partial charge on any atom is -0.348 e. The van der Waals surface area contributed by atoms with Gasteiger partial charge < -0.3 is 10.6 Å². The first-order chi connectivity index (χ1) is 8.58. The van der Waals surface area contributed by atoms with Crippen LogP contribution in [-0.4, -0.2) is 18.5 Å². The van der Waals surface area contributed by atoms with Crippen LogP contribution in [0.15, 0.2) is 24.3 Å². The molecule has 1 fully saturated rings. The lowest BCUT2D eigenvalue weighted by Gasteiger charge is -2.20. The first-order valence-corrected chi connectivity index (χ1v) is 6.75. The molecule has 2 rings (SSSR count). The predicted octanol–water partition coefficient (Wildman–Crippen LogP) is 2.52. The summed E-state index contributed by atoms with van der Waals surface area (Å²) in [5.41, 5.74) is 1.03. The van der Waals surface area contributed by atoms with E-state index >= 15 is 0 Å². The Morgan fingerprint density at radius 2 is 2.33 bits per heavy atom. The maximum Gasteiger partial charge on any atom is 0.237 e. The molecule has 0 radical (unpaired) electrons. The van der Waals surface area contributed by atoms with Crippen LogP contribution in [0.25, 0.3) is 0 Å². The van der Waals surface area contributed by atoms with Gasteiger partial charge >= 0.3 is 0 Å². The van der Waals surface area contributed by atoms with Crippen molar-refractivity contribution < 1.29 is 4.79 Å². The van der Waals surface area contributed by atoms with Gasteiger partial charge in [0.15, 0.2) is 0 Å². The highest BCUT2D eigenvalue weighted by Crippen LogP contribution is 2.19. The molecule has 1 heterocycles. The van der Waals surface area contributed by atoms with E-state index in [9.17, 15) is 4.79 Å². The van der Waals surface area contributed by atoms with Gasteiger partial charge in [0.2, 0.25) is 5.91 Å². The summed E-state index contributed by atoms with van der Waals surface area (Å²) in [4.78, 5) is 12.1. The van der Waals surface area contributed by atoms with Crippen molar-refractivity contribution in [3.8, 4) is 0 Å². The third-order valence-corrected chi connectivity index (χ3v) is 3.76. The summed E-state index contributed by atoms with van der Waals surface area (Å²) in [5, 5.41) is 6.97. The topological polar surface area (TPSA) is 41.1 Å². The molecule has 3 nitrogen and oxygen atoms in total. The molecule has 0 saturated carbocycles. The number of hydrogen-bond donors (Lipinski definition) is 2. The zero-order valence-corrected chi connectivity index (χ0v) is 11.5. The van der Waals surface area contributed by atoms with Crippen LogP contribution in [0.3, 0.4) is 0 Å². The SMILES string of the molecule is CC1CCNC1C(=O)N[C@@H](C)c1cccc(Cl)c1. The van der Waals surface area contributed by atoms with Crippen LogP contribution >= 0.6 is 11.6 Å². The van der Waals surface area contributed by atoms with Crippen molar-refractivity contribution in [2.75, 3.05) is 6.54 Å². The molecule has 98 valence electrons. The number of rotatable bonds is 3. The average molecular weight is 267 g/mol. The van der Waals surface area contributed by atoms with Gasteiger partial charge in [-0.05, 0) is 43.5 Å². The van der Waals surface area contributed by atoms with Crippen molar-refractivity contribution in [3.05, 3.63) is 34.9 Å². The molecule has 1 amide bonds. The zero-order valence-electron chi connectivity index (χ0n) is 10.7. The summed E-state index contributed by atoms with van der Waals surface area (Å²) >= 11 is 5.95. The van der Waals surface area contributed by atoms with Gasteiger partial charge in [-0.25, -0.2) is 0 Å². The van der Waals surface area contributed by atoms with Crippen molar-refractivity contribution in [1.29, 1.82) is 0 Å². The van der Waals surface area contributed by atoms with Crippen LogP contribution in [0.4, 0.5) is 0 Å². The van der Waals surface area contributed by atoms with E-state index in [1.165, 1.54) is 0 Å². The molecule has 1 aliphatic rings. The Labute approximate surface area is 113 Å². The Morgan fingerprint density at radius 1 is 1.56 bits per heavy atom. The van der Waals surface area contributed by atoms with E-state index in [0.717, 1.165) is 18.5 Å². The van der Waals surface area contributed by atoms with E-state index in [0.29, 0.717) is 10.9 Å². The van der Waals surface area contributed by atoms with E-state index < -0.39 is 0 Å². The summed E-state index contributed by atoms with van der Waals surface area (Å²) in [7, 11) is 0. The maximum atomic E-state index is 12.1. The Morgan fingerprint density at radius 3 is 2.94 bits per heavy atom. The summed E-state index contributed by atoms with van der Waals surface area (Å²) in [6.07, 6.45) is 1.06. The molecular formula is C14H19ClN2O. The van der Waals surface area contributed by atoms with E-state index in [4.69, 9.17) is 11.6 Å². The first-order valence-electron chi connectivity index (χ1n) is 6.37. The van der Waals surface area contributed by atoms with E-state index in [2.05, 4.69) is 17.6 Å². The van der Waals surface area contributed by atoms with Gasteiger partial charge in [-0.15, -0.1) is 0 Å². The largest absolute Gasteiger partial charge is 0.348 e. The number of benzene rings is 1. The van der Waals surface area contributed by atoms with Crippen LogP contribution in [0.2, 0.25) is 5.02 Å². The fraction of sp³-hybridized carbons (Fsp3) is 0.500. The fourth-order valence-electron chi connectivity index (χ4n) is 2.35. The molecule has 1 aromatic rings. The van der Waals surface area contributed by atoms with Crippen molar-refractivity contribution in [2.24, 2.45) is 5.92 Å². The second kappa shape index (κ2) is 5.72. The van der Waals surface area contributed by atoms with Crippen LogP contribution in [0.1, 0.15) is 31.9 Å². The van der Waals surface area contributed by atoms with Crippen LogP contribution in [0.5, 0.6) is 0 Å². The lowest BCUT2D eigenvalue weighted by Crippen LogP contribution is -2.44. The fourth-order valence-corrected chi connectivity index (χ4v) is 2.55. The van der Waals surface area contributed by atoms with Crippen molar-refractivity contribution in [3.63, 3.8) is 0 Å². The molecule has 0 bridgehead atoms. The Kier molecular flexibility index (Phi) is 4.25. The molecular weight excluding hydrogens is 248 g/mol. The maximum absolute atomic E-state index is 12.1. The summed E-state index contributed by atoms with van der Waals surface area (Å²) in [6, 6.07) is 7.51. The van der Waals surface area contributed by atoms with Crippen molar-refractivity contribution in [2.45, 2.75) is 32.4 Å². The van der Waals surface area contributed by atoms with E-state index in [1.54, 1.807) is 0 Å². The monoisotopic (exact) mass is 266 g/mol.